The van der Waals surface area contributed by atoms with E-state index < -0.39 is 29.9 Å². The van der Waals surface area contributed by atoms with Crippen molar-refractivity contribution in [1.82, 2.24) is 5.32 Å². The fourth-order valence-corrected chi connectivity index (χ4v) is 4.76. The number of nitrogens with one attached hydrogen (secondary N) is 1. The molecule has 1 aliphatic carbocycles. The number of imide groups is 2. The molecule has 1 heterocycles. The number of benzene rings is 1. The van der Waals surface area contributed by atoms with Crippen molar-refractivity contribution in [3.8, 4) is 0 Å². The highest BCUT2D eigenvalue weighted by Gasteiger charge is 2.42. The molecule has 156 valence electrons. The predicted octanol–water partition coefficient (Wildman–Crippen LogP) is 3.19. The zero-order chi connectivity index (χ0) is 21.4. The summed E-state index contributed by atoms with van der Waals surface area (Å²) in [6.45, 7) is 6.68. The molecular formula is C21H26ClN3O4. The van der Waals surface area contributed by atoms with Crippen LogP contribution in [0.4, 0.5) is 10.5 Å². The SMILES string of the molecule is CC1(C)C[C@@H](O)C[C@@](C)(CN=CC2C(=O)NC(=O)N(c3ccc(Cl)cc3)C2=O)C1. The second kappa shape index (κ2) is 7.88. The highest BCUT2D eigenvalue weighted by molar-refractivity contribution is 6.33. The minimum absolute atomic E-state index is 0.00221. The lowest BCUT2D eigenvalue weighted by Gasteiger charge is -2.44. The third kappa shape index (κ3) is 4.85. The van der Waals surface area contributed by atoms with Crippen molar-refractivity contribution < 1.29 is 19.5 Å². The van der Waals surface area contributed by atoms with Crippen LogP contribution < -0.4 is 10.2 Å². The number of urea groups is 1. The molecule has 1 aromatic carbocycles. The van der Waals surface area contributed by atoms with Gasteiger partial charge >= 0.3 is 6.03 Å². The molecular weight excluding hydrogens is 394 g/mol. The smallest absolute Gasteiger partial charge is 0.335 e. The molecule has 0 bridgehead atoms. The average Bonchev–Trinajstić information content (AvgIpc) is 2.57. The van der Waals surface area contributed by atoms with Crippen LogP contribution >= 0.6 is 11.6 Å². The number of nitrogens with zero attached hydrogens (tertiary/aromatic N) is 2. The Morgan fingerprint density at radius 3 is 2.48 bits per heavy atom. The van der Waals surface area contributed by atoms with Crippen molar-refractivity contribution in [2.75, 3.05) is 11.4 Å². The number of amides is 4. The fourth-order valence-electron chi connectivity index (χ4n) is 4.63. The quantitative estimate of drug-likeness (QED) is 0.578. The number of carbonyl (C=O) groups is 3. The highest BCUT2D eigenvalue weighted by atomic mass is 35.5. The van der Waals surface area contributed by atoms with E-state index in [0.29, 0.717) is 23.7 Å². The molecule has 8 heteroatoms. The van der Waals surface area contributed by atoms with Crippen molar-refractivity contribution in [3.63, 3.8) is 0 Å². The van der Waals surface area contributed by atoms with Crippen molar-refractivity contribution in [2.24, 2.45) is 21.7 Å². The molecule has 0 aromatic heterocycles. The third-order valence-corrected chi connectivity index (χ3v) is 5.69. The summed E-state index contributed by atoms with van der Waals surface area (Å²) in [5.41, 5.74) is 0.0990. The molecule has 29 heavy (non-hydrogen) atoms. The zero-order valence-electron chi connectivity index (χ0n) is 16.8. The Hall–Kier alpha value is -2.25. The summed E-state index contributed by atoms with van der Waals surface area (Å²) < 4.78 is 0. The van der Waals surface area contributed by atoms with Crippen LogP contribution in [-0.4, -0.2) is 41.8 Å². The second-order valence-electron chi connectivity index (χ2n) is 9.13. The van der Waals surface area contributed by atoms with Crippen molar-refractivity contribution in [1.29, 1.82) is 0 Å². The third-order valence-electron chi connectivity index (χ3n) is 5.44. The summed E-state index contributed by atoms with van der Waals surface area (Å²) in [6.07, 6.45) is 3.17. The number of carbonyl (C=O) groups excluding carboxylic acids is 3. The van der Waals surface area contributed by atoms with Crippen LogP contribution in [0.3, 0.4) is 0 Å². The van der Waals surface area contributed by atoms with Crippen molar-refractivity contribution in [2.45, 2.75) is 46.1 Å². The molecule has 1 saturated carbocycles. The fraction of sp³-hybridized carbons (Fsp3) is 0.524. The van der Waals surface area contributed by atoms with E-state index in [2.05, 4.69) is 31.1 Å². The Morgan fingerprint density at radius 1 is 1.21 bits per heavy atom. The topological polar surface area (TPSA) is 99.1 Å². The van der Waals surface area contributed by atoms with Gasteiger partial charge in [0.25, 0.3) is 5.91 Å². The van der Waals surface area contributed by atoms with Crippen LogP contribution in [-0.2, 0) is 9.59 Å². The second-order valence-corrected chi connectivity index (χ2v) is 9.56. The molecule has 1 unspecified atom stereocenters. The molecule has 2 N–H and O–H groups in total. The standard InChI is InChI=1S/C21H26ClN3O4/c1-20(2)8-15(26)9-21(3,11-20)12-23-10-16-17(27)24-19(29)25(18(16)28)14-6-4-13(22)5-7-14/h4-7,10,15-16,26H,8-9,11-12H2,1-3H3,(H,24,27,29)/t15-,16?,21-/m1/s1. The molecule has 3 atom stereocenters. The molecule has 4 amide bonds. The van der Waals surface area contributed by atoms with Gasteiger partial charge < -0.3 is 5.11 Å². The minimum atomic E-state index is -1.19. The van der Waals surface area contributed by atoms with Crippen LogP contribution in [0.25, 0.3) is 0 Å². The lowest BCUT2D eigenvalue weighted by atomic mass is 9.63. The number of halogens is 1. The minimum Gasteiger partial charge on any atom is -0.393 e. The number of hydrogen-bond acceptors (Lipinski definition) is 5. The molecule has 3 rings (SSSR count). The van der Waals surface area contributed by atoms with E-state index in [1.54, 1.807) is 12.1 Å². The first-order valence-corrected chi connectivity index (χ1v) is 10.00. The molecule has 1 aromatic rings. The van der Waals surface area contributed by atoms with Crippen LogP contribution in [0.2, 0.25) is 5.02 Å². The summed E-state index contributed by atoms with van der Waals surface area (Å²) in [6, 6.07) is 5.41. The van der Waals surface area contributed by atoms with Gasteiger partial charge in [-0.25, -0.2) is 9.69 Å². The van der Waals surface area contributed by atoms with E-state index in [0.717, 1.165) is 17.7 Å². The first-order chi connectivity index (χ1) is 13.5. The number of aliphatic hydroxyl groups excluding tert-OH is 1. The Labute approximate surface area is 175 Å². The molecule has 0 radical (unpaired) electrons. The molecule has 7 nitrogen and oxygen atoms in total. The number of aliphatic hydroxyl groups is 1. The molecule has 0 spiro atoms. The van der Waals surface area contributed by atoms with Gasteiger partial charge in [0.2, 0.25) is 5.91 Å². The number of anilines is 1. The first-order valence-electron chi connectivity index (χ1n) is 9.62. The summed E-state index contributed by atoms with van der Waals surface area (Å²) in [7, 11) is 0. The monoisotopic (exact) mass is 419 g/mol. The van der Waals surface area contributed by atoms with E-state index in [1.165, 1.54) is 18.3 Å². The molecule has 2 fully saturated rings. The largest absolute Gasteiger partial charge is 0.393 e. The van der Waals surface area contributed by atoms with Gasteiger partial charge in [0.05, 0.1) is 11.8 Å². The van der Waals surface area contributed by atoms with Crippen molar-refractivity contribution >= 4 is 41.3 Å². The maximum absolute atomic E-state index is 12.8. The molecule has 1 aliphatic heterocycles. The Balaban J connectivity index is 1.75. The van der Waals surface area contributed by atoms with Gasteiger partial charge in [-0.2, -0.15) is 0 Å². The Kier molecular flexibility index (Phi) is 5.83. The molecule has 1 saturated heterocycles. The van der Waals surface area contributed by atoms with Crippen molar-refractivity contribution in [3.05, 3.63) is 29.3 Å². The van der Waals surface area contributed by atoms with Gasteiger partial charge in [-0.15, -0.1) is 0 Å². The summed E-state index contributed by atoms with van der Waals surface area (Å²) >= 11 is 5.86. The van der Waals surface area contributed by atoms with E-state index in [-0.39, 0.29) is 10.8 Å². The number of rotatable bonds is 4. The van der Waals surface area contributed by atoms with Gasteiger partial charge in [0.1, 0.15) is 0 Å². The first kappa shape index (κ1) is 21.5. The summed E-state index contributed by atoms with van der Waals surface area (Å²) in [5.74, 6) is -2.53. The average molecular weight is 420 g/mol. The maximum atomic E-state index is 12.8. The highest BCUT2D eigenvalue weighted by Crippen LogP contribution is 2.46. The van der Waals surface area contributed by atoms with Crippen LogP contribution in [0.1, 0.15) is 40.0 Å². The van der Waals surface area contributed by atoms with E-state index in [9.17, 15) is 19.5 Å². The normalized spacial score (nSPS) is 30.0. The Morgan fingerprint density at radius 2 is 1.86 bits per heavy atom. The zero-order valence-corrected chi connectivity index (χ0v) is 17.6. The van der Waals surface area contributed by atoms with Gasteiger partial charge in [-0.05, 0) is 54.4 Å². The van der Waals surface area contributed by atoms with E-state index in [4.69, 9.17) is 11.6 Å². The van der Waals surface area contributed by atoms with Gasteiger partial charge in [0, 0.05) is 17.8 Å². The number of barbiturate groups is 1. The predicted molar refractivity (Wildman–Crippen MR) is 111 cm³/mol. The summed E-state index contributed by atoms with van der Waals surface area (Å²) in [5, 5.41) is 12.9. The number of hydrogen-bond donors (Lipinski definition) is 2. The summed E-state index contributed by atoms with van der Waals surface area (Å²) in [4.78, 5) is 42.6. The van der Waals surface area contributed by atoms with Gasteiger partial charge in [0.15, 0.2) is 5.92 Å². The van der Waals surface area contributed by atoms with Gasteiger partial charge in [-0.1, -0.05) is 32.4 Å². The Bertz CT molecular complexity index is 852. The van der Waals surface area contributed by atoms with Crippen LogP contribution in [0, 0.1) is 16.7 Å². The van der Waals surface area contributed by atoms with Crippen LogP contribution in [0.15, 0.2) is 29.3 Å². The van der Waals surface area contributed by atoms with E-state index >= 15 is 0 Å². The molecule has 2 aliphatic rings. The van der Waals surface area contributed by atoms with E-state index in [1.807, 2.05) is 0 Å². The van der Waals surface area contributed by atoms with Gasteiger partial charge in [-0.3, -0.25) is 19.9 Å². The lowest BCUT2D eigenvalue weighted by Crippen LogP contribution is -2.58. The van der Waals surface area contributed by atoms with Crippen LogP contribution in [0.5, 0.6) is 0 Å². The lowest BCUT2D eigenvalue weighted by molar-refractivity contribution is -0.131. The maximum Gasteiger partial charge on any atom is 0.335 e. The number of aliphatic imine (C=N–C) groups is 1.